The molecule has 0 amide bonds. The third-order valence-corrected chi connectivity index (χ3v) is 3.99. The first-order chi connectivity index (χ1) is 8.37. The molecule has 18 heavy (non-hydrogen) atoms. The van der Waals surface area contributed by atoms with Crippen molar-refractivity contribution in [1.82, 2.24) is 0 Å². The Morgan fingerprint density at radius 1 is 1.56 bits per heavy atom. The van der Waals surface area contributed by atoms with E-state index in [9.17, 15) is 4.39 Å². The molecule has 1 aliphatic heterocycles. The Bertz CT molecular complexity index is 430. The van der Waals surface area contributed by atoms with Crippen LogP contribution in [0.2, 0.25) is 5.02 Å². The highest BCUT2D eigenvalue weighted by Crippen LogP contribution is 2.33. The van der Waals surface area contributed by atoms with Crippen molar-refractivity contribution in [2.45, 2.75) is 38.4 Å². The van der Waals surface area contributed by atoms with Crippen molar-refractivity contribution in [1.29, 1.82) is 0 Å². The first-order valence-electron chi connectivity index (χ1n) is 5.94. The van der Waals surface area contributed by atoms with Gasteiger partial charge in [0.1, 0.15) is 5.82 Å². The lowest BCUT2D eigenvalue weighted by molar-refractivity contribution is -0.00911. The van der Waals surface area contributed by atoms with Crippen LogP contribution in [0.25, 0.3) is 0 Å². The topological polar surface area (TPSA) is 21.3 Å². The van der Waals surface area contributed by atoms with E-state index in [2.05, 4.69) is 35.1 Å². The number of anilines is 1. The van der Waals surface area contributed by atoms with Gasteiger partial charge >= 0.3 is 0 Å². The molecule has 1 aromatic carbocycles. The van der Waals surface area contributed by atoms with E-state index in [0.717, 1.165) is 12.8 Å². The fourth-order valence-electron chi connectivity index (χ4n) is 2.15. The summed E-state index contributed by atoms with van der Waals surface area (Å²) in [7, 11) is 0. The van der Waals surface area contributed by atoms with Gasteiger partial charge < -0.3 is 10.1 Å². The number of halogens is 3. The quantitative estimate of drug-likeness (QED) is 0.870. The standard InChI is InChI=1S/C13H16BrClFNO/c1-13(2)4-3-9(18-13)7-17-12-10(14)5-8(16)6-11(12)15/h5-6,9,17H,3-4,7H2,1-2H3. The number of hydrogen-bond donors (Lipinski definition) is 1. The maximum atomic E-state index is 13.1. The van der Waals surface area contributed by atoms with Crippen LogP contribution in [0.4, 0.5) is 10.1 Å². The molecule has 0 aromatic heterocycles. The molecule has 0 saturated carbocycles. The van der Waals surface area contributed by atoms with Crippen LogP contribution in [0.15, 0.2) is 16.6 Å². The van der Waals surface area contributed by atoms with Crippen molar-refractivity contribution < 1.29 is 9.13 Å². The van der Waals surface area contributed by atoms with E-state index < -0.39 is 0 Å². The van der Waals surface area contributed by atoms with Gasteiger partial charge in [0.2, 0.25) is 0 Å². The molecule has 1 aliphatic rings. The number of benzene rings is 1. The van der Waals surface area contributed by atoms with E-state index in [-0.39, 0.29) is 17.5 Å². The molecule has 1 fully saturated rings. The maximum Gasteiger partial charge on any atom is 0.125 e. The highest BCUT2D eigenvalue weighted by molar-refractivity contribution is 9.10. The second kappa shape index (κ2) is 5.35. The smallest absolute Gasteiger partial charge is 0.125 e. The van der Waals surface area contributed by atoms with Crippen LogP contribution in [-0.4, -0.2) is 18.2 Å². The van der Waals surface area contributed by atoms with Crippen LogP contribution in [0.3, 0.4) is 0 Å². The first-order valence-corrected chi connectivity index (χ1v) is 7.11. The Kier molecular flexibility index (Phi) is 4.19. The van der Waals surface area contributed by atoms with Gasteiger partial charge in [-0.15, -0.1) is 0 Å². The molecular weight excluding hydrogens is 321 g/mol. The normalized spacial score (nSPS) is 22.2. The fraction of sp³-hybridized carbons (Fsp3) is 0.538. The van der Waals surface area contributed by atoms with Crippen LogP contribution in [0, 0.1) is 5.82 Å². The minimum atomic E-state index is -0.351. The van der Waals surface area contributed by atoms with Crippen molar-refractivity contribution in [3.63, 3.8) is 0 Å². The van der Waals surface area contributed by atoms with Crippen LogP contribution in [0.1, 0.15) is 26.7 Å². The predicted molar refractivity (Wildman–Crippen MR) is 75.8 cm³/mol. The molecule has 0 radical (unpaired) electrons. The van der Waals surface area contributed by atoms with Crippen LogP contribution in [0.5, 0.6) is 0 Å². The van der Waals surface area contributed by atoms with Gasteiger partial charge in [-0.05, 0) is 54.8 Å². The number of hydrogen-bond acceptors (Lipinski definition) is 2. The van der Waals surface area contributed by atoms with Gasteiger partial charge in [0.25, 0.3) is 0 Å². The van der Waals surface area contributed by atoms with E-state index in [1.165, 1.54) is 12.1 Å². The minimum absolute atomic E-state index is 0.0455. The van der Waals surface area contributed by atoms with Gasteiger partial charge in [0, 0.05) is 11.0 Å². The molecule has 1 saturated heterocycles. The van der Waals surface area contributed by atoms with E-state index in [4.69, 9.17) is 16.3 Å². The highest BCUT2D eigenvalue weighted by atomic mass is 79.9. The molecule has 5 heteroatoms. The third-order valence-electron chi connectivity index (χ3n) is 3.07. The summed E-state index contributed by atoms with van der Waals surface area (Å²) in [6.07, 6.45) is 2.25. The summed E-state index contributed by atoms with van der Waals surface area (Å²) in [5, 5.41) is 3.59. The van der Waals surface area contributed by atoms with Gasteiger partial charge in [-0.25, -0.2) is 4.39 Å². The van der Waals surface area contributed by atoms with E-state index in [1.807, 2.05) is 0 Å². The van der Waals surface area contributed by atoms with Crippen molar-refractivity contribution in [2.24, 2.45) is 0 Å². The average Bonchev–Trinajstić information content (AvgIpc) is 2.56. The molecule has 1 aromatic rings. The van der Waals surface area contributed by atoms with Crippen molar-refractivity contribution in [3.05, 3.63) is 27.4 Å². The van der Waals surface area contributed by atoms with Gasteiger partial charge in [-0.3, -0.25) is 0 Å². The number of nitrogens with one attached hydrogen (secondary N) is 1. The van der Waals surface area contributed by atoms with Crippen LogP contribution in [-0.2, 0) is 4.74 Å². The molecule has 0 bridgehead atoms. The monoisotopic (exact) mass is 335 g/mol. The molecule has 0 spiro atoms. The molecule has 1 atom stereocenters. The fourth-order valence-corrected chi connectivity index (χ4v) is 3.11. The lowest BCUT2D eigenvalue weighted by atomic mass is 10.1. The second-order valence-corrected chi connectivity index (χ2v) is 6.43. The minimum Gasteiger partial charge on any atom is -0.380 e. The Morgan fingerprint density at radius 2 is 2.28 bits per heavy atom. The van der Waals surface area contributed by atoms with Gasteiger partial charge in [0.15, 0.2) is 0 Å². The molecular formula is C13H16BrClFNO. The van der Waals surface area contributed by atoms with Gasteiger partial charge in [-0.1, -0.05) is 11.6 Å². The van der Waals surface area contributed by atoms with E-state index in [1.54, 1.807) is 0 Å². The lowest BCUT2D eigenvalue weighted by Gasteiger charge is -2.20. The second-order valence-electron chi connectivity index (χ2n) is 5.16. The summed E-state index contributed by atoms with van der Waals surface area (Å²) in [5.41, 5.74) is 0.669. The predicted octanol–water partition coefficient (Wildman–Crippen LogP) is 4.61. The van der Waals surface area contributed by atoms with Crippen molar-refractivity contribution in [2.75, 3.05) is 11.9 Å². The Hall–Kier alpha value is -0.320. The molecule has 1 heterocycles. The molecule has 1 unspecified atom stereocenters. The average molecular weight is 337 g/mol. The van der Waals surface area contributed by atoms with Gasteiger partial charge in [0.05, 0.1) is 22.4 Å². The van der Waals surface area contributed by atoms with Crippen molar-refractivity contribution in [3.8, 4) is 0 Å². The Labute approximate surface area is 120 Å². The molecule has 2 nitrogen and oxygen atoms in total. The third kappa shape index (κ3) is 3.37. The zero-order valence-corrected chi connectivity index (χ0v) is 12.7. The zero-order chi connectivity index (χ0) is 13.3. The van der Waals surface area contributed by atoms with Gasteiger partial charge in [-0.2, -0.15) is 0 Å². The summed E-state index contributed by atoms with van der Waals surface area (Å²) in [4.78, 5) is 0. The van der Waals surface area contributed by atoms with Crippen LogP contribution < -0.4 is 5.32 Å². The summed E-state index contributed by atoms with van der Waals surface area (Å²) in [6, 6.07) is 2.70. The van der Waals surface area contributed by atoms with E-state index in [0.29, 0.717) is 21.7 Å². The highest BCUT2D eigenvalue weighted by Gasteiger charge is 2.31. The number of rotatable bonds is 3. The molecule has 100 valence electrons. The summed E-state index contributed by atoms with van der Waals surface area (Å²) in [5.74, 6) is -0.351. The SMILES string of the molecule is CC1(C)CCC(CNc2c(Cl)cc(F)cc2Br)O1. The zero-order valence-electron chi connectivity index (χ0n) is 10.4. The number of ether oxygens (including phenoxy) is 1. The summed E-state index contributed by atoms with van der Waals surface area (Å²) < 4.78 is 19.6. The van der Waals surface area contributed by atoms with E-state index >= 15 is 0 Å². The molecule has 1 N–H and O–H groups in total. The molecule has 0 aliphatic carbocycles. The lowest BCUT2D eigenvalue weighted by Crippen LogP contribution is -2.25. The van der Waals surface area contributed by atoms with Crippen molar-refractivity contribution >= 4 is 33.2 Å². The first kappa shape index (κ1) is 14.1. The Morgan fingerprint density at radius 3 is 2.83 bits per heavy atom. The Balaban J connectivity index is 1.99. The molecule has 2 rings (SSSR count). The summed E-state index contributed by atoms with van der Waals surface area (Å²) >= 11 is 9.31. The maximum absolute atomic E-state index is 13.1. The summed E-state index contributed by atoms with van der Waals surface area (Å²) in [6.45, 7) is 4.86. The largest absolute Gasteiger partial charge is 0.380 e. The van der Waals surface area contributed by atoms with Crippen LogP contribution >= 0.6 is 27.5 Å².